The van der Waals surface area contributed by atoms with E-state index in [-0.39, 0.29) is 31.1 Å². The van der Waals surface area contributed by atoms with Crippen molar-refractivity contribution >= 4 is 17.9 Å². The Balaban J connectivity index is 4.41. The predicted molar refractivity (Wildman–Crippen MR) is 293 cm³/mol. The van der Waals surface area contributed by atoms with Gasteiger partial charge in [0, 0.05) is 19.3 Å². The van der Waals surface area contributed by atoms with Crippen LogP contribution in [0.25, 0.3) is 0 Å². The number of carbonyl (C=O) groups is 3. The number of carbonyl (C=O) groups excluding carboxylic acids is 3. The summed E-state index contributed by atoms with van der Waals surface area (Å²) in [5, 5.41) is 0. The second-order valence-corrected chi connectivity index (χ2v) is 19.5. The third-order valence-corrected chi connectivity index (χ3v) is 12.8. The molecule has 0 saturated carbocycles. The summed E-state index contributed by atoms with van der Waals surface area (Å²) in [5.74, 6) is -0.914. The number of ether oxygens (including phenoxy) is 3. The molecule has 0 amide bonds. The Labute approximate surface area is 421 Å². The zero-order chi connectivity index (χ0) is 49.3. The number of unbranched alkanes of at least 4 members (excludes halogenated alkanes) is 32. The number of esters is 3. The molecule has 0 heterocycles. The molecule has 1 unspecified atom stereocenters. The highest BCUT2D eigenvalue weighted by atomic mass is 16.6. The quantitative estimate of drug-likeness (QED) is 0.0262. The van der Waals surface area contributed by atoms with E-state index in [0.717, 1.165) is 96.3 Å². The van der Waals surface area contributed by atoms with Crippen LogP contribution in [-0.2, 0) is 28.6 Å². The van der Waals surface area contributed by atoms with E-state index < -0.39 is 6.10 Å². The average molecular weight is 952 g/mol. The number of rotatable bonds is 53. The third-order valence-electron chi connectivity index (χ3n) is 12.8. The molecule has 0 N–H and O–H groups in total. The molecule has 0 bridgehead atoms. The Bertz CT molecular complexity index is 1230. The number of hydrogen-bond donors (Lipinski definition) is 0. The molecule has 1 atom stereocenters. The van der Waals surface area contributed by atoms with Gasteiger partial charge in [-0.15, -0.1) is 0 Å². The summed E-state index contributed by atoms with van der Waals surface area (Å²) in [6.07, 6.45) is 70.7. The van der Waals surface area contributed by atoms with Crippen LogP contribution in [0.5, 0.6) is 0 Å². The van der Waals surface area contributed by atoms with Gasteiger partial charge in [0.05, 0.1) is 0 Å². The fourth-order valence-electron chi connectivity index (χ4n) is 8.37. The van der Waals surface area contributed by atoms with Gasteiger partial charge in [-0.05, 0) is 83.5 Å². The summed E-state index contributed by atoms with van der Waals surface area (Å²) in [4.78, 5) is 38.2. The second-order valence-electron chi connectivity index (χ2n) is 19.5. The number of hydrogen-bond acceptors (Lipinski definition) is 6. The smallest absolute Gasteiger partial charge is 0.306 e. The molecule has 0 aliphatic heterocycles. The minimum atomic E-state index is -0.793. The molecular weight excluding hydrogens is 841 g/mol. The molecule has 0 saturated heterocycles. The van der Waals surface area contributed by atoms with Crippen molar-refractivity contribution in [3.8, 4) is 0 Å². The summed E-state index contributed by atoms with van der Waals surface area (Å²) < 4.78 is 16.9. The fraction of sp³-hybridized carbons (Fsp3) is 0.790. The van der Waals surface area contributed by atoms with E-state index in [4.69, 9.17) is 14.2 Å². The minimum absolute atomic E-state index is 0.0871. The molecular formula is C62H110O6. The van der Waals surface area contributed by atoms with E-state index in [1.165, 1.54) is 161 Å². The molecule has 0 radical (unpaired) electrons. The molecule has 0 aromatic heterocycles. The van der Waals surface area contributed by atoms with Gasteiger partial charge in [-0.1, -0.05) is 255 Å². The van der Waals surface area contributed by atoms with Crippen molar-refractivity contribution in [3.05, 3.63) is 60.8 Å². The Morgan fingerprint density at radius 3 is 0.926 bits per heavy atom. The first-order valence-corrected chi connectivity index (χ1v) is 29.3. The maximum Gasteiger partial charge on any atom is 0.306 e. The van der Waals surface area contributed by atoms with Crippen molar-refractivity contribution < 1.29 is 28.6 Å². The van der Waals surface area contributed by atoms with Crippen LogP contribution in [0.3, 0.4) is 0 Å². The third kappa shape index (κ3) is 54.1. The van der Waals surface area contributed by atoms with E-state index in [0.29, 0.717) is 19.3 Å². The Morgan fingerprint density at radius 2 is 0.574 bits per heavy atom. The maximum atomic E-state index is 12.8. The molecule has 6 nitrogen and oxygen atoms in total. The Morgan fingerprint density at radius 1 is 0.309 bits per heavy atom. The van der Waals surface area contributed by atoms with Crippen molar-refractivity contribution in [1.82, 2.24) is 0 Å². The van der Waals surface area contributed by atoms with Crippen LogP contribution in [0.4, 0.5) is 0 Å². The first-order chi connectivity index (χ1) is 33.5. The SMILES string of the molecule is CC/C=C\C/C=C\C/C=C\C/C=C\CCCCCC(=O)OC(COC(=O)CCCCCCC/C=C\CCCCCCCCCCC)COC(=O)CCCCCCCCCCCCCCCCCC. The topological polar surface area (TPSA) is 78.9 Å². The van der Waals surface area contributed by atoms with Crippen molar-refractivity contribution in [2.75, 3.05) is 13.2 Å². The van der Waals surface area contributed by atoms with Gasteiger partial charge in [-0.3, -0.25) is 14.4 Å². The minimum Gasteiger partial charge on any atom is -0.462 e. The van der Waals surface area contributed by atoms with Crippen LogP contribution >= 0.6 is 0 Å². The largest absolute Gasteiger partial charge is 0.462 e. The van der Waals surface area contributed by atoms with Crippen molar-refractivity contribution in [2.24, 2.45) is 0 Å². The van der Waals surface area contributed by atoms with Crippen molar-refractivity contribution in [1.29, 1.82) is 0 Å². The lowest BCUT2D eigenvalue weighted by Crippen LogP contribution is -2.30. The number of allylic oxidation sites excluding steroid dienone is 10. The van der Waals surface area contributed by atoms with Crippen molar-refractivity contribution in [3.63, 3.8) is 0 Å². The Hall–Kier alpha value is -2.89. The van der Waals surface area contributed by atoms with Crippen LogP contribution in [0.1, 0.15) is 297 Å². The fourth-order valence-corrected chi connectivity index (χ4v) is 8.37. The molecule has 0 fully saturated rings. The lowest BCUT2D eigenvalue weighted by molar-refractivity contribution is -0.167. The van der Waals surface area contributed by atoms with E-state index in [9.17, 15) is 14.4 Å². The molecule has 0 aromatic carbocycles. The zero-order valence-electron chi connectivity index (χ0n) is 45.1. The van der Waals surface area contributed by atoms with E-state index in [1.54, 1.807) is 0 Å². The summed E-state index contributed by atoms with van der Waals surface area (Å²) in [7, 11) is 0. The molecule has 0 spiro atoms. The van der Waals surface area contributed by atoms with Gasteiger partial charge in [-0.25, -0.2) is 0 Å². The summed E-state index contributed by atoms with van der Waals surface area (Å²) in [5.41, 5.74) is 0. The molecule has 6 heteroatoms. The lowest BCUT2D eigenvalue weighted by atomic mass is 10.0. The highest BCUT2D eigenvalue weighted by Crippen LogP contribution is 2.16. The normalized spacial score (nSPS) is 12.5. The highest BCUT2D eigenvalue weighted by molar-refractivity contribution is 5.71. The van der Waals surface area contributed by atoms with Crippen molar-refractivity contribution in [2.45, 2.75) is 303 Å². The lowest BCUT2D eigenvalue weighted by Gasteiger charge is -2.18. The van der Waals surface area contributed by atoms with Crippen LogP contribution < -0.4 is 0 Å². The standard InChI is InChI=1S/C62H110O6/c1-4-7-10-13-16-19-22-25-28-31-32-35-37-40-43-46-49-52-55-61(64)67-58-59(68-62(65)56-53-50-47-44-41-38-34-30-27-24-21-18-15-12-9-6-3)57-66-60(63)54-51-48-45-42-39-36-33-29-26-23-20-17-14-11-8-5-2/h9,12,18,21,27,30,32,35,38,41,59H,4-8,10-11,13-17,19-20,22-26,28-29,31,33-34,36-37,39-40,42-58H2,1-3H3/b12-9-,21-18-,30-27-,35-32-,41-38-. The highest BCUT2D eigenvalue weighted by Gasteiger charge is 2.19. The van der Waals surface area contributed by atoms with E-state index in [2.05, 4.69) is 81.5 Å². The molecule has 0 aromatic rings. The Kier molecular flexibility index (Phi) is 54.3. The van der Waals surface area contributed by atoms with Gasteiger partial charge in [0.1, 0.15) is 13.2 Å². The zero-order valence-corrected chi connectivity index (χ0v) is 45.1. The predicted octanol–water partition coefficient (Wildman–Crippen LogP) is 19.6. The van der Waals surface area contributed by atoms with E-state index in [1.807, 2.05) is 0 Å². The first-order valence-electron chi connectivity index (χ1n) is 29.3. The summed E-state index contributed by atoms with van der Waals surface area (Å²) in [6, 6.07) is 0. The second kappa shape index (κ2) is 56.7. The van der Waals surface area contributed by atoms with Gasteiger partial charge < -0.3 is 14.2 Å². The van der Waals surface area contributed by atoms with Gasteiger partial charge >= 0.3 is 17.9 Å². The molecule has 0 aliphatic carbocycles. The average Bonchev–Trinajstić information content (AvgIpc) is 3.34. The monoisotopic (exact) mass is 951 g/mol. The van der Waals surface area contributed by atoms with Crippen LogP contribution in [-0.4, -0.2) is 37.2 Å². The van der Waals surface area contributed by atoms with Gasteiger partial charge in [0.25, 0.3) is 0 Å². The summed E-state index contributed by atoms with van der Waals surface area (Å²) in [6.45, 7) is 6.53. The van der Waals surface area contributed by atoms with Gasteiger partial charge in [0.15, 0.2) is 6.10 Å². The molecule has 0 rings (SSSR count). The van der Waals surface area contributed by atoms with E-state index >= 15 is 0 Å². The molecule has 68 heavy (non-hydrogen) atoms. The van der Waals surface area contributed by atoms with Crippen LogP contribution in [0.15, 0.2) is 60.8 Å². The summed E-state index contributed by atoms with van der Waals surface area (Å²) >= 11 is 0. The van der Waals surface area contributed by atoms with Gasteiger partial charge in [0.2, 0.25) is 0 Å². The van der Waals surface area contributed by atoms with Gasteiger partial charge in [-0.2, -0.15) is 0 Å². The molecule has 394 valence electrons. The first kappa shape index (κ1) is 65.1. The van der Waals surface area contributed by atoms with Crippen LogP contribution in [0, 0.1) is 0 Å². The molecule has 0 aliphatic rings. The van der Waals surface area contributed by atoms with Crippen LogP contribution in [0.2, 0.25) is 0 Å². The maximum absolute atomic E-state index is 12.8.